The molecule has 146 valence electrons. The number of thiophene rings is 1. The van der Waals surface area contributed by atoms with E-state index in [4.69, 9.17) is 0 Å². The van der Waals surface area contributed by atoms with Crippen molar-refractivity contribution in [2.75, 3.05) is 5.32 Å². The first-order valence-corrected chi connectivity index (χ1v) is 11.3. The van der Waals surface area contributed by atoms with Gasteiger partial charge in [-0.15, -0.1) is 11.3 Å². The lowest BCUT2D eigenvalue weighted by Gasteiger charge is -2.18. The van der Waals surface area contributed by atoms with E-state index in [2.05, 4.69) is 26.0 Å². The predicted octanol–water partition coefficient (Wildman–Crippen LogP) is 4.18. The minimum atomic E-state index is -3.89. The second-order valence-corrected chi connectivity index (χ2v) is 10.3. The number of sulfonamides is 1. The molecule has 1 amide bonds. The zero-order valence-electron chi connectivity index (χ0n) is 14.4. The van der Waals surface area contributed by atoms with Crippen molar-refractivity contribution in [3.63, 3.8) is 0 Å². The van der Waals surface area contributed by atoms with Gasteiger partial charge in [0.2, 0.25) is 5.91 Å². The van der Waals surface area contributed by atoms with Gasteiger partial charge in [0, 0.05) is 5.69 Å². The van der Waals surface area contributed by atoms with Crippen molar-refractivity contribution in [1.29, 1.82) is 0 Å². The summed E-state index contributed by atoms with van der Waals surface area (Å²) >= 11 is 4.29. The third kappa shape index (κ3) is 5.48. The number of carbonyl (C=O) groups excluding carboxylic acids is 1. The van der Waals surface area contributed by atoms with E-state index in [-0.39, 0.29) is 10.6 Å². The first-order valence-electron chi connectivity index (χ1n) is 8.21. The Kier molecular flexibility index (Phi) is 6.61. The highest BCUT2D eigenvalue weighted by Crippen LogP contribution is 2.26. The number of amides is 1. The Balaban J connectivity index is 1.83. The largest absolute Gasteiger partial charge is 0.325 e. The lowest BCUT2D eigenvalue weighted by Crippen LogP contribution is -2.45. The van der Waals surface area contributed by atoms with Gasteiger partial charge in [-0.1, -0.05) is 30.3 Å². The maximum Gasteiger partial charge on any atom is 0.250 e. The first kappa shape index (κ1) is 20.7. The second-order valence-electron chi connectivity index (χ2n) is 5.92. The summed E-state index contributed by atoms with van der Waals surface area (Å²) in [6.07, 6.45) is 0.166. The maximum absolute atomic E-state index is 13.1. The van der Waals surface area contributed by atoms with Crippen molar-refractivity contribution in [1.82, 2.24) is 4.72 Å². The molecule has 0 spiro atoms. The van der Waals surface area contributed by atoms with Gasteiger partial charge in [0.1, 0.15) is 16.1 Å². The molecule has 1 unspecified atom stereocenters. The SMILES string of the molecule is O=C(Nc1ccc(F)cc1)C(Cc1ccccc1)NS(=O)(=O)c1ccc(Br)s1. The molecule has 0 fully saturated rings. The van der Waals surface area contributed by atoms with Crippen molar-refractivity contribution in [3.8, 4) is 0 Å². The molecule has 1 aromatic heterocycles. The van der Waals surface area contributed by atoms with Gasteiger partial charge in [-0.25, -0.2) is 12.8 Å². The fourth-order valence-electron chi connectivity index (χ4n) is 2.49. The molecule has 1 atom stereocenters. The van der Waals surface area contributed by atoms with Crippen LogP contribution < -0.4 is 10.0 Å². The van der Waals surface area contributed by atoms with Crippen molar-refractivity contribution in [2.45, 2.75) is 16.7 Å². The van der Waals surface area contributed by atoms with Gasteiger partial charge in [-0.2, -0.15) is 4.72 Å². The Morgan fingerprint density at radius 1 is 1.04 bits per heavy atom. The molecule has 0 aliphatic heterocycles. The Labute approximate surface area is 174 Å². The van der Waals surface area contributed by atoms with E-state index in [0.29, 0.717) is 9.47 Å². The van der Waals surface area contributed by atoms with Crippen molar-refractivity contribution in [3.05, 3.63) is 81.9 Å². The molecule has 0 aliphatic carbocycles. The van der Waals surface area contributed by atoms with E-state index in [9.17, 15) is 17.6 Å². The summed E-state index contributed by atoms with van der Waals surface area (Å²) < 4.78 is 41.7. The van der Waals surface area contributed by atoms with Gasteiger partial charge >= 0.3 is 0 Å². The van der Waals surface area contributed by atoms with E-state index in [1.165, 1.54) is 30.3 Å². The summed E-state index contributed by atoms with van der Waals surface area (Å²) in [5, 5.41) is 2.63. The fraction of sp³-hybridized carbons (Fsp3) is 0.105. The molecular weight excluding hydrogens is 467 g/mol. The zero-order valence-corrected chi connectivity index (χ0v) is 17.7. The van der Waals surface area contributed by atoms with Crippen LogP contribution in [0.3, 0.4) is 0 Å². The summed E-state index contributed by atoms with van der Waals surface area (Å²) in [6.45, 7) is 0. The molecule has 9 heteroatoms. The molecule has 3 rings (SSSR count). The molecule has 28 heavy (non-hydrogen) atoms. The normalized spacial score (nSPS) is 12.5. The summed E-state index contributed by atoms with van der Waals surface area (Å²) in [6, 6.07) is 16.4. The molecule has 0 aliphatic rings. The highest BCUT2D eigenvalue weighted by molar-refractivity contribution is 9.11. The topological polar surface area (TPSA) is 75.3 Å². The summed E-state index contributed by atoms with van der Waals surface area (Å²) in [4.78, 5) is 12.8. The first-order chi connectivity index (χ1) is 13.3. The van der Waals surface area contributed by atoms with Crippen LogP contribution in [0.15, 0.2) is 74.7 Å². The molecule has 0 saturated heterocycles. The number of rotatable bonds is 7. The number of carbonyl (C=O) groups is 1. The summed E-state index contributed by atoms with van der Waals surface area (Å²) in [7, 11) is -3.89. The van der Waals surface area contributed by atoms with Crippen LogP contribution in [0.5, 0.6) is 0 Å². The molecule has 0 saturated carbocycles. The quantitative estimate of drug-likeness (QED) is 0.530. The lowest BCUT2D eigenvalue weighted by atomic mass is 10.1. The van der Waals surface area contributed by atoms with Crippen LogP contribution in [-0.2, 0) is 21.2 Å². The number of hydrogen-bond donors (Lipinski definition) is 2. The molecular formula is C19H16BrFN2O3S2. The van der Waals surface area contributed by atoms with E-state index in [1.54, 1.807) is 6.07 Å². The maximum atomic E-state index is 13.1. The monoisotopic (exact) mass is 482 g/mol. The van der Waals surface area contributed by atoms with Crippen LogP contribution in [-0.4, -0.2) is 20.4 Å². The summed E-state index contributed by atoms with van der Waals surface area (Å²) in [5.41, 5.74) is 1.18. The molecule has 1 heterocycles. The third-order valence-corrected chi connectivity index (χ3v) is 7.41. The average Bonchev–Trinajstić information content (AvgIpc) is 3.11. The molecule has 2 aromatic carbocycles. The Bertz CT molecular complexity index is 1050. The van der Waals surface area contributed by atoms with E-state index >= 15 is 0 Å². The number of halogens is 2. The fourth-order valence-corrected chi connectivity index (χ4v) is 5.71. The van der Waals surface area contributed by atoms with Crippen LogP contribution >= 0.6 is 27.3 Å². The Morgan fingerprint density at radius 2 is 1.71 bits per heavy atom. The van der Waals surface area contributed by atoms with Crippen molar-refractivity contribution in [2.24, 2.45) is 0 Å². The van der Waals surface area contributed by atoms with Gasteiger partial charge in [-0.05, 0) is 64.3 Å². The van der Waals surface area contributed by atoms with E-state index < -0.39 is 27.8 Å². The number of benzene rings is 2. The number of nitrogens with one attached hydrogen (secondary N) is 2. The van der Waals surface area contributed by atoms with Gasteiger partial charge < -0.3 is 5.32 Å². The van der Waals surface area contributed by atoms with Gasteiger partial charge in [-0.3, -0.25) is 4.79 Å². The average molecular weight is 483 g/mol. The standard InChI is InChI=1S/C19H16BrFN2O3S2/c20-17-10-11-18(27-17)28(25,26)23-16(12-13-4-2-1-3-5-13)19(24)22-15-8-6-14(21)7-9-15/h1-11,16,23H,12H2,(H,22,24). The number of anilines is 1. The van der Waals surface area contributed by atoms with Crippen molar-refractivity contribution < 1.29 is 17.6 Å². The van der Waals surface area contributed by atoms with Crippen LogP contribution in [0.25, 0.3) is 0 Å². The zero-order chi connectivity index (χ0) is 20.1. The van der Waals surface area contributed by atoms with Crippen molar-refractivity contribution >= 4 is 48.9 Å². The minimum absolute atomic E-state index is 0.104. The summed E-state index contributed by atoms with van der Waals surface area (Å²) in [5.74, 6) is -0.961. The van der Waals surface area contributed by atoms with Crippen LogP contribution in [0.4, 0.5) is 10.1 Å². The highest BCUT2D eigenvalue weighted by Gasteiger charge is 2.27. The Hall–Kier alpha value is -2.07. The van der Waals surface area contributed by atoms with Gasteiger partial charge in [0.25, 0.3) is 10.0 Å². The lowest BCUT2D eigenvalue weighted by molar-refractivity contribution is -0.117. The predicted molar refractivity (Wildman–Crippen MR) is 111 cm³/mol. The molecule has 0 bridgehead atoms. The highest BCUT2D eigenvalue weighted by atomic mass is 79.9. The van der Waals surface area contributed by atoms with Crippen LogP contribution in [0.2, 0.25) is 0 Å². The van der Waals surface area contributed by atoms with E-state index in [0.717, 1.165) is 16.9 Å². The second kappa shape index (κ2) is 8.95. The van der Waals surface area contributed by atoms with E-state index in [1.807, 2.05) is 30.3 Å². The van der Waals surface area contributed by atoms with Crippen LogP contribution in [0.1, 0.15) is 5.56 Å². The third-order valence-electron chi connectivity index (χ3n) is 3.82. The minimum Gasteiger partial charge on any atom is -0.325 e. The van der Waals surface area contributed by atoms with Gasteiger partial charge in [0.05, 0.1) is 3.79 Å². The molecule has 3 aromatic rings. The molecule has 5 nitrogen and oxygen atoms in total. The smallest absolute Gasteiger partial charge is 0.250 e. The van der Waals surface area contributed by atoms with Crippen LogP contribution in [0, 0.1) is 5.82 Å². The van der Waals surface area contributed by atoms with Gasteiger partial charge in [0.15, 0.2) is 0 Å². The Morgan fingerprint density at radius 3 is 2.32 bits per heavy atom. The molecule has 0 radical (unpaired) electrons. The molecule has 2 N–H and O–H groups in total. The number of hydrogen-bond acceptors (Lipinski definition) is 4.